The molecule has 2 aromatic rings. The van der Waals surface area contributed by atoms with Gasteiger partial charge in [-0.15, -0.1) is 11.6 Å². The van der Waals surface area contributed by atoms with Gasteiger partial charge < -0.3 is 5.11 Å². The molecule has 0 saturated heterocycles. The van der Waals surface area contributed by atoms with Gasteiger partial charge in [-0.3, -0.25) is 4.98 Å². The lowest BCUT2D eigenvalue weighted by atomic mass is 10.1. The number of fused-ring (bicyclic) bond motifs is 1. The number of halogens is 1. The van der Waals surface area contributed by atoms with Crippen molar-refractivity contribution < 1.29 is 13.5 Å². The molecule has 0 fully saturated rings. The Balaban J connectivity index is 2.91. The quantitative estimate of drug-likeness (QED) is 0.874. The van der Waals surface area contributed by atoms with E-state index in [0.29, 0.717) is 11.0 Å². The molecular formula is C12H15ClN2O3S. The Morgan fingerprint density at radius 1 is 1.47 bits per heavy atom. The van der Waals surface area contributed by atoms with E-state index < -0.39 is 15.6 Å². The Bertz CT molecular complexity index is 735. The lowest BCUT2D eigenvalue weighted by Gasteiger charge is -2.21. The normalized spacial score (nSPS) is 15.6. The summed E-state index contributed by atoms with van der Waals surface area (Å²) in [5, 5.41) is 10.3. The summed E-state index contributed by atoms with van der Waals surface area (Å²) in [5.74, 6) is -0.113. The van der Waals surface area contributed by atoms with E-state index >= 15 is 0 Å². The summed E-state index contributed by atoms with van der Waals surface area (Å²) in [7, 11) is -3.56. The third-order valence-corrected chi connectivity index (χ3v) is 4.47. The first-order valence-corrected chi connectivity index (χ1v) is 8.03. The Labute approximate surface area is 116 Å². The summed E-state index contributed by atoms with van der Waals surface area (Å²) in [4.78, 5) is 4.28. The third kappa shape index (κ3) is 2.48. The minimum absolute atomic E-state index is 0.113. The van der Waals surface area contributed by atoms with Crippen molar-refractivity contribution in [1.82, 2.24) is 8.96 Å². The first-order chi connectivity index (χ1) is 8.66. The van der Waals surface area contributed by atoms with E-state index in [1.807, 2.05) is 6.92 Å². The summed E-state index contributed by atoms with van der Waals surface area (Å²) in [6, 6.07) is 4.96. The SMILES string of the molecule is Cc1ccc2c(cc(C(C)(O)CCl)n2S(C)(=O)=O)n1. The van der Waals surface area contributed by atoms with Crippen LogP contribution < -0.4 is 0 Å². The average Bonchev–Trinajstić information content (AvgIpc) is 2.67. The van der Waals surface area contributed by atoms with Crippen molar-refractivity contribution in [3.05, 3.63) is 29.6 Å². The number of hydrogen-bond donors (Lipinski definition) is 1. The molecule has 19 heavy (non-hydrogen) atoms. The monoisotopic (exact) mass is 302 g/mol. The lowest BCUT2D eigenvalue weighted by molar-refractivity contribution is 0.0772. The van der Waals surface area contributed by atoms with Gasteiger partial charge in [0.25, 0.3) is 0 Å². The van der Waals surface area contributed by atoms with E-state index in [1.54, 1.807) is 18.2 Å². The Hall–Kier alpha value is -1.11. The summed E-state index contributed by atoms with van der Waals surface area (Å²) < 4.78 is 25.0. The van der Waals surface area contributed by atoms with Gasteiger partial charge >= 0.3 is 0 Å². The van der Waals surface area contributed by atoms with Gasteiger partial charge in [-0.1, -0.05) is 0 Å². The average molecular weight is 303 g/mol. The molecule has 0 spiro atoms. The minimum Gasteiger partial charge on any atom is -0.383 e. The molecule has 7 heteroatoms. The zero-order valence-corrected chi connectivity index (χ0v) is 12.5. The van der Waals surface area contributed by atoms with Gasteiger partial charge in [-0.2, -0.15) is 0 Å². The summed E-state index contributed by atoms with van der Waals surface area (Å²) in [5.41, 5.74) is 0.506. The van der Waals surface area contributed by atoms with Crippen LogP contribution >= 0.6 is 11.6 Å². The fourth-order valence-electron chi connectivity index (χ4n) is 1.97. The molecule has 0 aliphatic carbocycles. The molecule has 0 aliphatic heterocycles. The standard InChI is InChI=1S/C12H15ClN2O3S/c1-8-4-5-10-9(14-8)6-11(12(2,16)7-13)15(10)19(3,17)18/h4-6,16H,7H2,1-3H3. The van der Waals surface area contributed by atoms with Gasteiger partial charge in [-0.05, 0) is 32.0 Å². The molecule has 104 valence electrons. The molecule has 1 N–H and O–H groups in total. The van der Waals surface area contributed by atoms with Gasteiger partial charge in [0.15, 0.2) is 0 Å². The number of aryl methyl sites for hydroxylation is 1. The van der Waals surface area contributed by atoms with E-state index in [9.17, 15) is 13.5 Å². The topological polar surface area (TPSA) is 72.2 Å². The predicted molar refractivity (Wildman–Crippen MR) is 75.0 cm³/mol. The van der Waals surface area contributed by atoms with Crippen LogP contribution in [0.15, 0.2) is 18.2 Å². The third-order valence-electron chi connectivity index (χ3n) is 2.90. The van der Waals surface area contributed by atoms with Gasteiger partial charge in [-0.25, -0.2) is 12.4 Å². The molecular weight excluding hydrogens is 288 g/mol. The van der Waals surface area contributed by atoms with Crippen LogP contribution in [0.5, 0.6) is 0 Å². The van der Waals surface area contributed by atoms with E-state index in [0.717, 1.165) is 15.9 Å². The van der Waals surface area contributed by atoms with Gasteiger partial charge in [0.05, 0.1) is 28.9 Å². The smallest absolute Gasteiger partial charge is 0.236 e. The number of aliphatic hydroxyl groups is 1. The zero-order chi connectivity index (χ0) is 14.4. The molecule has 2 rings (SSSR count). The highest BCUT2D eigenvalue weighted by Crippen LogP contribution is 2.29. The van der Waals surface area contributed by atoms with E-state index in [1.165, 1.54) is 6.92 Å². The second-order valence-corrected chi connectivity index (χ2v) is 6.92. The van der Waals surface area contributed by atoms with E-state index in [-0.39, 0.29) is 11.6 Å². The minimum atomic E-state index is -3.56. The Kier molecular flexibility index (Phi) is 3.36. The number of hydrogen-bond acceptors (Lipinski definition) is 4. The van der Waals surface area contributed by atoms with Crippen molar-refractivity contribution in [3.63, 3.8) is 0 Å². The first-order valence-electron chi connectivity index (χ1n) is 5.65. The molecule has 2 heterocycles. The molecule has 0 saturated carbocycles. The highest BCUT2D eigenvalue weighted by Gasteiger charge is 2.30. The first kappa shape index (κ1) is 14.3. The second-order valence-electron chi connectivity index (χ2n) is 4.82. The molecule has 2 aromatic heterocycles. The van der Waals surface area contributed by atoms with Crippen molar-refractivity contribution in [2.45, 2.75) is 19.4 Å². The van der Waals surface area contributed by atoms with Crippen molar-refractivity contribution in [2.75, 3.05) is 12.1 Å². The van der Waals surface area contributed by atoms with E-state index in [4.69, 9.17) is 11.6 Å². The summed E-state index contributed by atoms with van der Waals surface area (Å²) in [6.07, 6.45) is 1.08. The Morgan fingerprint density at radius 3 is 2.63 bits per heavy atom. The molecule has 0 bridgehead atoms. The summed E-state index contributed by atoms with van der Waals surface area (Å²) in [6.45, 7) is 3.29. The summed E-state index contributed by atoms with van der Waals surface area (Å²) >= 11 is 5.73. The highest BCUT2D eigenvalue weighted by atomic mass is 35.5. The van der Waals surface area contributed by atoms with Crippen LogP contribution in [-0.2, 0) is 15.6 Å². The van der Waals surface area contributed by atoms with Crippen LogP contribution in [0.1, 0.15) is 18.3 Å². The molecule has 0 amide bonds. The van der Waals surface area contributed by atoms with Crippen LogP contribution in [0.25, 0.3) is 11.0 Å². The van der Waals surface area contributed by atoms with Crippen LogP contribution in [0, 0.1) is 6.92 Å². The largest absolute Gasteiger partial charge is 0.383 e. The second kappa shape index (κ2) is 4.47. The van der Waals surface area contributed by atoms with Gasteiger partial charge in [0.2, 0.25) is 10.0 Å². The number of rotatable bonds is 3. The van der Waals surface area contributed by atoms with Crippen molar-refractivity contribution >= 4 is 32.7 Å². The number of aromatic nitrogens is 2. The zero-order valence-electron chi connectivity index (χ0n) is 10.9. The number of alkyl halides is 1. The molecule has 1 unspecified atom stereocenters. The van der Waals surface area contributed by atoms with E-state index in [2.05, 4.69) is 4.98 Å². The molecule has 0 aromatic carbocycles. The van der Waals surface area contributed by atoms with Crippen LogP contribution in [-0.4, -0.2) is 34.6 Å². The van der Waals surface area contributed by atoms with Crippen LogP contribution in [0.2, 0.25) is 0 Å². The van der Waals surface area contributed by atoms with Crippen LogP contribution in [0.3, 0.4) is 0 Å². The van der Waals surface area contributed by atoms with Crippen LogP contribution in [0.4, 0.5) is 0 Å². The Morgan fingerprint density at radius 2 is 2.11 bits per heavy atom. The number of pyridine rings is 1. The maximum atomic E-state index is 12.0. The molecule has 0 radical (unpaired) electrons. The molecule has 5 nitrogen and oxygen atoms in total. The lowest BCUT2D eigenvalue weighted by Crippen LogP contribution is -2.29. The maximum Gasteiger partial charge on any atom is 0.236 e. The molecule has 1 atom stereocenters. The van der Waals surface area contributed by atoms with Gasteiger partial charge in [0, 0.05) is 5.69 Å². The predicted octanol–water partition coefficient (Wildman–Crippen LogP) is 1.60. The maximum absolute atomic E-state index is 12.0. The van der Waals surface area contributed by atoms with Crippen molar-refractivity contribution in [2.24, 2.45) is 0 Å². The van der Waals surface area contributed by atoms with Crippen molar-refractivity contribution in [1.29, 1.82) is 0 Å². The van der Waals surface area contributed by atoms with Gasteiger partial charge in [0.1, 0.15) is 5.60 Å². The fourth-order valence-corrected chi connectivity index (χ4v) is 3.22. The van der Waals surface area contributed by atoms with Crippen molar-refractivity contribution in [3.8, 4) is 0 Å². The fraction of sp³-hybridized carbons (Fsp3) is 0.417. The molecule has 0 aliphatic rings. The highest BCUT2D eigenvalue weighted by molar-refractivity contribution is 7.89. The number of nitrogens with zero attached hydrogens (tertiary/aromatic N) is 2.